The summed E-state index contributed by atoms with van der Waals surface area (Å²) in [6.45, 7) is 1.62. The Balaban J connectivity index is 3.14. The molecule has 1 unspecified atom stereocenters. The molecule has 0 saturated heterocycles. The Kier molecular flexibility index (Phi) is 5.13. The van der Waals surface area contributed by atoms with Crippen LogP contribution in [0.2, 0.25) is 0 Å². The molecule has 2 atom stereocenters. The van der Waals surface area contributed by atoms with Crippen molar-refractivity contribution in [3.8, 4) is 0 Å². The summed E-state index contributed by atoms with van der Waals surface area (Å²) in [4.78, 5) is 20.8. The van der Waals surface area contributed by atoms with Crippen molar-refractivity contribution in [2.24, 2.45) is 0 Å². The molecule has 104 valence electrons. The highest BCUT2D eigenvalue weighted by Crippen LogP contribution is 2.24. The van der Waals surface area contributed by atoms with E-state index in [0.717, 1.165) is 0 Å². The van der Waals surface area contributed by atoms with Gasteiger partial charge in [-0.2, -0.15) is 0 Å². The number of hydrogen-bond acceptors (Lipinski definition) is 4. The molecule has 1 rings (SSSR count). The quantitative estimate of drug-likeness (QED) is 0.486. The molecule has 0 spiro atoms. The molecule has 0 aromatic heterocycles. The predicted octanol–water partition coefficient (Wildman–Crippen LogP) is 1.80. The Bertz CT molecular complexity index is 492. The van der Waals surface area contributed by atoms with E-state index in [0.29, 0.717) is 11.1 Å². The Morgan fingerprint density at radius 3 is 2.68 bits per heavy atom. The van der Waals surface area contributed by atoms with Crippen molar-refractivity contribution in [3.05, 3.63) is 39.4 Å². The molecule has 0 aliphatic rings. The van der Waals surface area contributed by atoms with E-state index in [1.165, 1.54) is 24.5 Å². The molecule has 0 heterocycles. The first kappa shape index (κ1) is 15.3. The number of carboxylic acid groups (broad SMARTS) is 1. The molecule has 0 saturated carbocycles. The summed E-state index contributed by atoms with van der Waals surface area (Å²) in [5.74, 6) is 0.142. The number of rotatable bonds is 5. The van der Waals surface area contributed by atoms with Gasteiger partial charge >= 0.3 is 6.09 Å². The van der Waals surface area contributed by atoms with Crippen LogP contribution in [-0.2, 0) is 16.9 Å². The molecule has 0 aliphatic carbocycles. The summed E-state index contributed by atoms with van der Waals surface area (Å²) < 4.78 is 11.3. The van der Waals surface area contributed by atoms with Gasteiger partial charge in [0.15, 0.2) is 0 Å². The molecular formula is C11H14N2O5S. The van der Waals surface area contributed by atoms with Gasteiger partial charge in [0.1, 0.15) is 5.75 Å². The van der Waals surface area contributed by atoms with Gasteiger partial charge < -0.3 is 15.0 Å². The maximum Gasteiger partial charge on any atom is 0.405 e. The first-order chi connectivity index (χ1) is 8.81. The molecule has 8 heteroatoms. The second kappa shape index (κ2) is 6.39. The topological polar surface area (TPSA) is 116 Å². The van der Waals surface area contributed by atoms with Crippen molar-refractivity contribution in [2.45, 2.75) is 18.7 Å². The number of non-ortho nitro benzene ring substituents is 1. The monoisotopic (exact) mass is 286 g/mol. The number of benzene rings is 1. The number of carbonyl (C=O) groups is 1. The maximum atomic E-state index is 11.3. The van der Waals surface area contributed by atoms with Crippen LogP contribution in [0, 0.1) is 10.1 Å². The van der Waals surface area contributed by atoms with Gasteiger partial charge in [-0.3, -0.25) is 10.1 Å². The molecule has 0 aliphatic heterocycles. The van der Waals surface area contributed by atoms with Gasteiger partial charge in [0.25, 0.3) is 5.69 Å². The lowest BCUT2D eigenvalue weighted by atomic mass is 10.0. The number of nitro groups is 1. The smallest absolute Gasteiger partial charge is 0.405 e. The minimum absolute atomic E-state index is 0.105. The van der Waals surface area contributed by atoms with Crippen molar-refractivity contribution >= 4 is 23.0 Å². The Morgan fingerprint density at radius 1 is 1.58 bits per heavy atom. The summed E-state index contributed by atoms with van der Waals surface area (Å²) in [5, 5.41) is 21.7. The van der Waals surface area contributed by atoms with Gasteiger partial charge in [-0.1, -0.05) is 11.2 Å². The van der Waals surface area contributed by atoms with Crippen molar-refractivity contribution in [3.63, 3.8) is 0 Å². The summed E-state index contributed by atoms with van der Waals surface area (Å²) in [5.41, 5.74) is 0.992. The molecule has 1 aromatic rings. The first-order valence-electron chi connectivity index (χ1n) is 5.38. The van der Waals surface area contributed by atoms with Crippen LogP contribution in [0.4, 0.5) is 10.5 Å². The number of amides is 1. The van der Waals surface area contributed by atoms with Crippen molar-refractivity contribution in [2.75, 3.05) is 6.26 Å². The molecule has 2 N–H and O–H groups in total. The van der Waals surface area contributed by atoms with Gasteiger partial charge in [0.2, 0.25) is 0 Å². The average molecular weight is 286 g/mol. The lowest BCUT2D eigenvalue weighted by Gasteiger charge is -2.16. The van der Waals surface area contributed by atoms with E-state index in [4.69, 9.17) is 5.11 Å². The summed E-state index contributed by atoms with van der Waals surface area (Å²) in [7, 11) is 0. The average Bonchev–Trinajstić information content (AvgIpc) is 2.26. The van der Waals surface area contributed by atoms with Gasteiger partial charge in [-0.25, -0.2) is 4.79 Å². The van der Waals surface area contributed by atoms with Gasteiger partial charge in [-0.15, -0.1) is 0 Å². The van der Waals surface area contributed by atoms with E-state index in [1.54, 1.807) is 6.92 Å². The van der Waals surface area contributed by atoms with E-state index in [-0.39, 0.29) is 11.4 Å². The van der Waals surface area contributed by atoms with Crippen LogP contribution in [0.15, 0.2) is 18.2 Å². The van der Waals surface area contributed by atoms with Gasteiger partial charge in [-0.05, 0) is 18.6 Å². The molecule has 1 aromatic carbocycles. The third-order valence-corrected chi connectivity index (χ3v) is 3.22. The van der Waals surface area contributed by atoms with Crippen LogP contribution in [-0.4, -0.2) is 26.9 Å². The maximum absolute atomic E-state index is 11.3. The van der Waals surface area contributed by atoms with Crippen LogP contribution >= 0.6 is 0 Å². The second-order valence-corrected chi connectivity index (χ2v) is 5.46. The molecule has 0 radical (unpaired) electrons. The number of hydrogen-bond donors (Lipinski definition) is 2. The third-order valence-electron chi connectivity index (χ3n) is 2.50. The lowest BCUT2D eigenvalue weighted by Crippen LogP contribution is -2.25. The summed E-state index contributed by atoms with van der Waals surface area (Å²) in [6.07, 6.45) is 0.298. The van der Waals surface area contributed by atoms with Crippen LogP contribution in [0.25, 0.3) is 0 Å². The van der Waals surface area contributed by atoms with Crippen LogP contribution < -0.4 is 5.32 Å². The summed E-state index contributed by atoms with van der Waals surface area (Å²) >= 11 is -1.18. The normalized spacial score (nSPS) is 13.6. The highest BCUT2D eigenvalue weighted by Gasteiger charge is 2.18. The molecule has 19 heavy (non-hydrogen) atoms. The first-order valence-corrected chi connectivity index (χ1v) is 7.10. The highest BCUT2D eigenvalue weighted by atomic mass is 32.2. The van der Waals surface area contributed by atoms with Crippen molar-refractivity contribution in [1.29, 1.82) is 0 Å². The Labute approximate surface area is 113 Å². The van der Waals surface area contributed by atoms with Gasteiger partial charge in [0.05, 0.1) is 17.2 Å². The fourth-order valence-corrected chi connectivity index (χ4v) is 2.42. The van der Waals surface area contributed by atoms with Crippen molar-refractivity contribution < 1.29 is 19.4 Å². The minimum atomic E-state index is -1.19. The fraction of sp³-hybridized carbons (Fsp3) is 0.364. The van der Waals surface area contributed by atoms with Gasteiger partial charge in [0, 0.05) is 17.7 Å². The zero-order valence-corrected chi connectivity index (χ0v) is 11.3. The standard InChI is InChI=1S/C11H14N2O5S/c1-7(12-11(14)15)10-4-3-9(13(16)17)5-8(10)6-19(2)18/h3-5,7,12H,6H2,1-2H3,(H,14,15)/t7?,19-/m0/s1. The number of nitro benzene ring substituents is 1. The lowest BCUT2D eigenvalue weighted by molar-refractivity contribution is -0.384. The molecule has 0 fully saturated rings. The fourth-order valence-electron chi connectivity index (χ4n) is 1.74. The zero-order valence-electron chi connectivity index (χ0n) is 10.5. The molecular weight excluding hydrogens is 272 g/mol. The van der Waals surface area contributed by atoms with E-state index < -0.39 is 28.2 Å². The predicted molar refractivity (Wildman–Crippen MR) is 70.4 cm³/mol. The van der Waals surface area contributed by atoms with E-state index in [1.807, 2.05) is 0 Å². The number of nitrogens with one attached hydrogen (secondary N) is 1. The molecule has 7 nitrogen and oxygen atoms in total. The zero-order chi connectivity index (χ0) is 14.6. The van der Waals surface area contributed by atoms with Crippen LogP contribution in [0.1, 0.15) is 24.1 Å². The third kappa shape index (κ3) is 4.42. The van der Waals surface area contributed by atoms with E-state index in [9.17, 15) is 19.5 Å². The highest BCUT2D eigenvalue weighted by molar-refractivity contribution is 7.89. The van der Waals surface area contributed by atoms with Crippen LogP contribution in [0.5, 0.6) is 0 Å². The van der Waals surface area contributed by atoms with Crippen molar-refractivity contribution in [1.82, 2.24) is 5.32 Å². The Hall–Kier alpha value is -1.80. The number of nitrogens with zero attached hydrogens (tertiary/aromatic N) is 1. The van der Waals surface area contributed by atoms with E-state index in [2.05, 4.69) is 5.32 Å². The van der Waals surface area contributed by atoms with Crippen LogP contribution in [0.3, 0.4) is 0 Å². The summed E-state index contributed by atoms with van der Waals surface area (Å²) in [6, 6.07) is 3.59. The largest absolute Gasteiger partial charge is 0.616 e. The molecule has 1 amide bonds. The second-order valence-electron chi connectivity index (χ2n) is 4.03. The Morgan fingerprint density at radius 2 is 2.21 bits per heavy atom. The SMILES string of the molecule is CC(NC(=O)O)c1ccc([N+](=O)[O-])cc1C[S@+](C)[O-]. The minimum Gasteiger partial charge on any atom is -0.616 e. The van der Waals surface area contributed by atoms with E-state index >= 15 is 0 Å². The molecule has 0 bridgehead atoms.